The van der Waals surface area contributed by atoms with Crippen molar-refractivity contribution in [3.05, 3.63) is 40.8 Å². The van der Waals surface area contributed by atoms with E-state index in [4.69, 9.17) is 5.73 Å². The van der Waals surface area contributed by atoms with Crippen LogP contribution in [-0.2, 0) is 0 Å². The molecule has 16 heavy (non-hydrogen) atoms. The number of carbonyl (C=O) groups is 1. The van der Waals surface area contributed by atoms with Crippen molar-refractivity contribution in [1.29, 1.82) is 0 Å². The van der Waals surface area contributed by atoms with Gasteiger partial charge in [-0.2, -0.15) is 0 Å². The van der Waals surface area contributed by atoms with E-state index in [1.54, 1.807) is 30.1 Å². The summed E-state index contributed by atoms with van der Waals surface area (Å²) in [5.41, 5.74) is 9.15. The first-order chi connectivity index (χ1) is 7.70. The molecule has 0 aliphatic carbocycles. The van der Waals surface area contributed by atoms with Gasteiger partial charge in [-0.1, -0.05) is 12.1 Å². The standard InChI is InChI=1S/C11H11N3OS/c1-14(10-5-3-2-4-8(10)12)11(15)9-6-16-7-13-9/h2-7H,12H2,1H3. The van der Waals surface area contributed by atoms with Gasteiger partial charge >= 0.3 is 0 Å². The maximum Gasteiger partial charge on any atom is 0.277 e. The molecule has 0 spiro atoms. The second-order valence-corrected chi connectivity index (χ2v) is 4.02. The van der Waals surface area contributed by atoms with E-state index in [-0.39, 0.29) is 5.91 Å². The summed E-state index contributed by atoms with van der Waals surface area (Å²) >= 11 is 1.39. The van der Waals surface area contributed by atoms with Gasteiger partial charge in [0.05, 0.1) is 16.9 Å². The normalized spacial score (nSPS) is 10.1. The Morgan fingerprint density at radius 1 is 1.44 bits per heavy atom. The Balaban J connectivity index is 2.30. The fraction of sp³-hybridized carbons (Fsp3) is 0.0909. The fourth-order valence-electron chi connectivity index (χ4n) is 1.39. The maximum absolute atomic E-state index is 12.0. The van der Waals surface area contributed by atoms with E-state index in [0.717, 1.165) is 0 Å². The first-order valence-electron chi connectivity index (χ1n) is 4.71. The largest absolute Gasteiger partial charge is 0.397 e. The first-order valence-corrected chi connectivity index (χ1v) is 5.65. The van der Waals surface area contributed by atoms with Crippen LogP contribution in [0.25, 0.3) is 0 Å². The molecule has 0 aliphatic heterocycles. The molecule has 0 aliphatic rings. The van der Waals surface area contributed by atoms with Crippen molar-refractivity contribution in [2.45, 2.75) is 0 Å². The van der Waals surface area contributed by atoms with Crippen LogP contribution in [0.15, 0.2) is 35.2 Å². The Labute approximate surface area is 97.3 Å². The third-order valence-corrected chi connectivity index (χ3v) is 2.84. The van der Waals surface area contributed by atoms with Crippen LogP contribution < -0.4 is 10.6 Å². The van der Waals surface area contributed by atoms with Crippen LogP contribution in [-0.4, -0.2) is 17.9 Å². The van der Waals surface area contributed by atoms with E-state index >= 15 is 0 Å². The highest BCUT2D eigenvalue weighted by Crippen LogP contribution is 2.22. The highest BCUT2D eigenvalue weighted by Gasteiger charge is 2.16. The molecule has 2 N–H and O–H groups in total. The average Bonchev–Trinajstić information content (AvgIpc) is 2.81. The van der Waals surface area contributed by atoms with Crippen LogP contribution in [0.1, 0.15) is 10.5 Å². The molecule has 4 nitrogen and oxygen atoms in total. The number of hydrogen-bond donors (Lipinski definition) is 1. The number of nitrogen functional groups attached to an aromatic ring is 1. The number of carbonyl (C=O) groups excluding carboxylic acids is 1. The Morgan fingerprint density at radius 3 is 2.81 bits per heavy atom. The molecular formula is C11H11N3OS. The number of aromatic nitrogens is 1. The van der Waals surface area contributed by atoms with Gasteiger partial charge in [-0.15, -0.1) is 11.3 Å². The summed E-state index contributed by atoms with van der Waals surface area (Å²) in [6.45, 7) is 0. The molecule has 0 atom stereocenters. The summed E-state index contributed by atoms with van der Waals surface area (Å²) in [5, 5.41) is 1.72. The van der Waals surface area contributed by atoms with Crippen molar-refractivity contribution in [3.8, 4) is 0 Å². The molecule has 0 fully saturated rings. The Morgan fingerprint density at radius 2 is 2.19 bits per heavy atom. The van der Waals surface area contributed by atoms with Gasteiger partial charge in [0.25, 0.3) is 5.91 Å². The molecular weight excluding hydrogens is 222 g/mol. The highest BCUT2D eigenvalue weighted by molar-refractivity contribution is 7.07. The van der Waals surface area contributed by atoms with Crippen molar-refractivity contribution >= 4 is 28.6 Å². The number of thiazole rings is 1. The zero-order chi connectivity index (χ0) is 11.5. The first kappa shape index (κ1) is 10.6. The van der Waals surface area contributed by atoms with Crippen molar-refractivity contribution in [2.75, 3.05) is 17.7 Å². The summed E-state index contributed by atoms with van der Waals surface area (Å²) in [6, 6.07) is 7.25. The molecule has 1 amide bonds. The quantitative estimate of drug-likeness (QED) is 0.807. The molecule has 0 radical (unpaired) electrons. The third kappa shape index (κ3) is 1.90. The van der Waals surface area contributed by atoms with Crippen LogP contribution in [0, 0.1) is 0 Å². The molecule has 0 saturated heterocycles. The van der Waals surface area contributed by atoms with E-state index in [1.165, 1.54) is 16.2 Å². The molecule has 82 valence electrons. The lowest BCUT2D eigenvalue weighted by Crippen LogP contribution is -2.27. The number of benzene rings is 1. The van der Waals surface area contributed by atoms with Crippen LogP contribution >= 0.6 is 11.3 Å². The summed E-state index contributed by atoms with van der Waals surface area (Å²) < 4.78 is 0. The molecule has 2 aromatic rings. The molecule has 0 unspecified atom stereocenters. The molecule has 0 saturated carbocycles. The topological polar surface area (TPSA) is 59.2 Å². The van der Waals surface area contributed by atoms with Crippen molar-refractivity contribution in [3.63, 3.8) is 0 Å². The minimum Gasteiger partial charge on any atom is -0.397 e. The van der Waals surface area contributed by atoms with E-state index in [9.17, 15) is 4.79 Å². The van der Waals surface area contributed by atoms with Crippen LogP contribution in [0.2, 0.25) is 0 Å². The van der Waals surface area contributed by atoms with Gasteiger partial charge in [0.1, 0.15) is 5.69 Å². The van der Waals surface area contributed by atoms with Crippen molar-refractivity contribution in [1.82, 2.24) is 4.98 Å². The summed E-state index contributed by atoms with van der Waals surface area (Å²) in [5.74, 6) is -0.154. The smallest absolute Gasteiger partial charge is 0.277 e. The number of anilines is 2. The molecule has 0 bridgehead atoms. The molecule has 2 rings (SSSR count). The summed E-state index contributed by atoms with van der Waals surface area (Å²) in [4.78, 5) is 17.5. The maximum atomic E-state index is 12.0. The van der Waals surface area contributed by atoms with Crippen LogP contribution in [0.3, 0.4) is 0 Å². The van der Waals surface area contributed by atoms with Crippen molar-refractivity contribution in [2.24, 2.45) is 0 Å². The van der Waals surface area contributed by atoms with Gasteiger partial charge in [0.2, 0.25) is 0 Å². The van der Waals surface area contributed by atoms with Crippen LogP contribution in [0.4, 0.5) is 11.4 Å². The monoisotopic (exact) mass is 233 g/mol. The van der Waals surface area contributed by atoms with Gasteiger partial charge in [0, 0.05) is 12.4 Å². The highest BCUT2D eigenvalue weighted by atomic mass is 32.1. The molecule has 1 heterocycles. The lowest BCUT2D eigenvalue weighted by molar-refractivity contribution is 0.0989. The predicted molar refractivity (Wildman–Crippen MR) is 65.7 cm³/mol. The molecule has 1 aromatic carbocycles. The van der Waals surface area contributed by atoms with Crippen LogP contribution in [0.5, 0.6) is 0 Å². The number of para-hydroxylation sites is 2. The Kier molecular flexibility index (Phi) is 2.87. The van der Waals surface area contributed by atoms with Gasteiger partial charge in [0.15, 0.2) is 0 Å². The van der Waals surface area contributed by atoms with E-state index in [0.29, 0.717) is 17.1 Å². The predicted octanol–water partition coefficient (Wildman–Crippen LogP) is 2.00. The third-order valence-electron chi connectivity index (χ3n) is 2.25. The number of amides is 1. The van der Waals surface area contributed by atoms with E-state index in [1.807, 2.05) is 12.1 Å². The van der Waals surface area contributed by atoms with Gasteiger partial charge in [-0.3, -0.25) is 4.79 Å². The van der Waals surface area contributed by atoms with Gasteiger partial charge in [-0.05, 0) is 12.1 Å². The zero-order valence-corrected chi connectivity index (χ0v) is 9.57. The fourth-order valence-corrected chi connectivity index (χ4v) is 1.92. The number of rotatable bonds is 2. The Hall–Kier alpha value is -1.88. The molecule has 5 heteroatoms. The average molecular weight is 233 g/mol. The zero-order valence-electron chi connectivity index (χ0n) is 8.75. The van der Waals surface area contributed by atoms with Gasteiger partial charge < -0.3 is 10.6 Å². The number of nitrogens with zero attached hydrogens (tertiary/aromatic N) is 2. The lowest BCUT2D eigenvalue weighted by Gasteiger charge is -2.17. The van der Waals surface area contributed by atoms with Gasteiger partial charge in [-0.25, -0.2) is 4.98 Å². The van der Waals surface area contributed by atoms with E-state index in [2.05, 4.69) is 4.98 Å². The second-order valence-electron chi connectivity index (χ2n) is 3.30. The van der Waals surface area contributed by atoms with Crippen molar-refractivity contribution < 1.29 is 4.79 Å². The second kappa shape index (κ2) is 4.32. The minimum absolute atomic E-state index is 0.154. The minimum atomic E-state index is -0.154. The summed E-state index contributed by atoms with van der Waals surface area (Å²) in [7, 11) is 1.69. The number of nitrogens with two attached hydrogens (primary N) is 1. The molecule has 1 aromatic heterocycles. The Bertz CT molecular complexity index is 496. The van der Waals surface area contributed by atoms with E-state index < -0.39 is 0 Å². The SMILES string of the molecule is CN(C(=O)c1cscn1)c1ccccc1N. The summed E-state index contributed by atoms with van der Waals surface area (Å²) in [6.07, 6.45) is 0. The lowest BCUT2D eigenvalue weighted by atomic mass is 10.2. The number of hydrogen-bond acceptors (Lipinski definition) is 4.